The molecule has 4 nitrogen and oxygen atoms in total. The summed E-state index contributed by atoms with van der Waals surface area (Å²) in [6.45, 7) is 5.66. The van der Waals surface area contributed by atoms with Crippen molar-refractivity contribution in [3.8, 4) is 0 Å². The molecule has 1 aliphatic heterocycles. The SMILES string of the molecule is CCCN1CC(c2ccc(S(C)(=O)=O)cc2)=C(c2ccc(C)cc2)C1C=O. The highest BCUT2D eigenvalue weighted by atomic mass is 32.2. The maximum Gasteiger partial charge on any atom is 0.175 e. The molecule has 27 heavy (non-hydrogen) atoms. The quantitative estimate of drug-likeness (QED) is 0.715. The monoisotopic (exact) mass is 383 g/mol. The van der Waals surface area contributed by atoms with Gasteiger partial charge in [-0.05, 0) is 54.3 Å². The van der Waals surface area contributed by atoms with Crippen molar-refractivity contribution in [3.05, 3.63) is 65.2 Å². The molecule has 1 aliphatic rings. The van der Waals surface area contributed by atoms with Crippen LogP contribution in [0.15, 0.2) is 53.4 Å². The summed E-state index contributed by atoms with van der Waals surface area (Å²) in [4.78, 5) is 14.4. The van der Waals surface area contributed by atoms with Gasteiger partial charge in [0.2, 0.25) is 0 Å². The normalized spacial score (nSPS) is 18.1. The molecule has 0 N–H and O–H groups in total. The van der Waals surface area contributed by atoms with Crippen molar-refractivity contribution in [2.75, 3.05) is 19.3 Å². The van der Waals surface area contributed by atoms with Crippen LogP contribution in [0.1, 0.15) is 30.0 Å². The number of rotatable bonds is 6. The maximum atomic E-state index is 12.0. The Kier molecular flexibility index (Phi) is 5.63. The first-order chi connectivity index (χ1) is 12.8. The van der Waals surface area contributed by atoms with E-state index in [1.165, 1.54) is 11.8 Å². The fourth-order valence-corrected chi connectivity index (χ4v) is 4.27. The van der Waals surface area contributed by atoms with Crippen molar-refractivity contribution in [2.24, 2.45) is 0 Å². The van der Waals surface area contributed by atoms with Gasteiger partial charge in [0, 0.05) is 12.8 Å². The number of carbonyl (C=O) groups excluding carboxylic acids is 1. The van der Waals surface area contributed by atoms with Gasteiger partial charge in [-0.25, -0.2) is 8.42 Å². The lowest BCUT2D eigenvalue weighted by Crippen LogP contribution is -2.33. The molecule has 0 bridgehead atoms. The molecule has 0 aliphatic carbocycles. The van der Waals surface area contributed by atoms with Crippen LogP contribution in [0, 0.1) is 6.92 Å². The summed E-state index contributed by atoms with van der Waals surface area (Å²) in [5.74, 6) is 0. The number of aryl methyl sites for hydroxylation is 1. The first-order valence-corrected chi connectivity index (χ1v) is 11.0. The third-order valence-corrected chi connectivity index (χ3v) is 6.14. The fraction of sp³-hybridized carbons (Fsp3) is 0.318. The van der Waals surface area contributed by atoms with Crippen molar-refractivity contribution in [1.82, 2.24) is 4.90 Å². The first kappa shape index (κ1) is 19.5. The van der Waals surface area contributed by atoms with Gasteiger partial charge in [0.05, 0.1) is 10.9 Å². The smallest absolute Gasteiger partial charge is 0.175 e. The van der Waals surface area contributed by atoms with E-state index in [1.54, 1.807) is 12.1 Å². The second-order valence-corrected chi connectivity index (χ2v) is 9.12. The predicted octanol–water partition coefficient (Wildman–Crippen LogP) is 3.60. The second kappa shape index (κ2) is 7.79. The lowest BCUT2D eigenvalue weighted by atomic mass is 9.93. The Bertz CT molecular complexity index is 958. The van der Waals surface area contributed by atoms with Gasteiger partial charge in [0.25, 0.3) is 0 Å². The van der Waals surface area contributed by atoms with Crippen LogP contribution in [0.4, 0.5) is 0 Å². The van der Waals surface area contributed by atoms with Crippen molar-refractivity contribution in [3.63, 3.8) is 0 Å². The highest BCUT2D eigenvalue weighted by Gasteiger charge is 2.33. The summed E-state index contributed by atoms with van der Waals surface area (Å²) in [7, 11) is -3.23. The summed E-state index contributed by atoms with van der Waals surface area (Å²) in [5, 5.41) is 0. The molecule has 5 heteroatoms. The lowest BCUT2D eigenvalue weighted by molar-refractivity contribution is -0.110. The zero-order valence-electron chi connectivity index (χ0n) is 16.0. The minimum absolute atomic E-state index is 0.280. The zero-order chi connectivity index (χ0) is 19.6. The zero-order valence-corrected chi connectivity index (χ0v) is 16.8. The van der Waals surface area contributed by atoms with Gasteiger partial charge in [-0.3, -0.25) is 4.90 Å². The van der Waals surface area contributed by atoms with Gasteiger partial charge < -0.3 is 4.79 Å². The van der Waals surface area contributed by atoms with Gasteiger partial charge in [-0.2, -0.15) is 0 Å². The lowest BCUT2D eigenvalue weighted by Gasteiger charge is -2.21. The molecule has 0 aromatic heterocycles. The summed E-state index contributed by atoms with van der Waals surface area (Å²) < 4.78 is 23.5. The average Bonchev–Trinajstić information content (AvgIpc) is 3.00. The van der Waals surface area contributed by atoms with E-state index in [1.807, 2.05) is 19.1 Å². The Morgan fingerprint density at radius 2 is 1.63 bits per heavy atom. The number of hydrogen-bond donors (Lipinski definition) is 0. The Balaban J connectivity index is 2.12. The Labute approximate surface area is 161 Å². The Morgan fingerprint density at radius 1 is 1.04 bits per heavy atom. The van der Waals surface area contributed by atoms with Gasteiger partial charge in [-0.15, -0.1) is 0 Å². The molecular formula is C22H25NO3S. The third-order valence-electron chi connectivity index (χ3n) is 5.01. The molecule has 0 saturated heterocycles. The molecule has 0 spiro atoms. The van der Waals surface area contributed by atoms with Gasteiger partial charge in [0.1, 0.15) is 6.29 Å². The van der Waals surface area contributed by atoms with Crippen LogP contribution in [-0.4, -0.2) is 45.0 Å². The molecule has 0 radical (unpaired) electrons. The molecule has 1 heterocycles. The standard InChI is InChI=1S/C22H25NO3S/c1-4-13-23-14-20(17-9-11-19(12-10-17)27(3,25)26)22(21(23)15-24)18-7-5-16(2)6-8-18/h5-12,15,21H,4,13-14H2,1-3H3. The third kappa shape index (κ3) is 4.04. The molecule has 0 amide bonds. The van der Waals surface area contributed by atoms with Gasteiger partial charge in [-0.1, -0.05) is 48.9 Å². The highest BCUT2D eigenvalue weighted by molar-refractivity contribution is 7.90. The van der Waals surface area contributed by atoms with Crippen LogP contribution in [0.25, 0.3) is 11.1 Å². The van der Waals surface area contributed by atoms with E-state index in [0.717, 1.165) is 41.5 Å². The molecule has 2 aromatic carbocycles. The van der Waals surface area contributed by atoms with Crippen molar-refractivity contribution in [1.29, 1.82) is 0 Å². The first-order valence-electron chi connectivity index (χ1n) is 9.15. The van der Waals surface area contributed by atoms with Crippen LogP contribution in [0.3, 0.4) is 0 Å². The highest BCUT2D eigenvalue weighted by Crippen LogP contribution is 2.37. The Morgan fingerprint density at radius 3 is 2.15 bits per heavy atom. The van der Waals surface area contributed by atoms with Crippen molar-refractivity contribution >= 4 is 27.3 Å². The van der Waals surface area contributed by atoms with Crippen LogP contribution in [-0.2, 0) is 14.6 Å². The minimum atomic E-state index is -3.23. The Hall–Kier alpha value is -2.24. The summed E-state index contributed by atoms with van der Waals surface area (Å²) in [6, 6.07) is 14.9. The number of nitrogens with zero attached hydrogens (tertiary/aromatic N) is 1. The molecule has 142 valence electrons. The van der Waals surface area contributed by atoms with Gasteiger partial charge >= 0.3 is 0 Å². The fourth-order valence-electron chi connectivity index (χ4n) is 3.64. The summed E-state index contributed by atoms with van der Waals surface area (Å²) >= 11 is 0. The van der Waals surface area contributed by atoms with E-state index in [2.05, 4.69) is 36.1 Å². The van der Waals surface area contributed by atoms with Crippen LogP contribution in [0.5, 0.6) is 0 Å². The molecular weight excluding hydrogens is 358 g/mol. The summed E-state index contributed by atoms with van der Waals surface area (Å²) in [6.07, 6.45) is 3.19. The van der Waals surface area contributed by atoms with E-state index in [4.69, 9.17) is 0 Å². The minimum Gasteiger partial charge on any atom is -0.301 e. The molecule has 2 aromatic rings. The van der Waals surface area contributed by atoms with E-state index >= 15 is 0 Å². The molecule has 1 atom stereocenters. The van der Waals surface area contributed by atoms with Crippen LogP contribution >= 0.6 is 0 Å². The predicted molar refractivity (Wildman–Crippen MR) is 109 cm³/mol. The summed E-state index contributed by atoms with van der Waals surface area (Å²) in [5.41, 5.74) is 5.28. The topological polar surface area (TPSA) is 54.5 Å². The average molecular weight is 384 g/mol. The van der Waals surface area contributed by atoms with Crippen molar-refractivity contribution < 1.29 is 13.2 Å². The molecule has 0 fully saturated rings. The van der Waals surface area contributed by atoms with Crippen LogP contribution < -0.4 is 0 Å². The van der Waals surface area contributed by atoms with E-state index in [-0.39, 0.29) is 6.04 Å². The molecule has 3 rings (SSSR count). The van der Waals surface area contributed by atoms with Gasteiger partial charge in [0.15, 0.2) is 9.84 Å². The number of sulfone groups is 1. The maximum absolute atomic E-state index is 12.0. The number of carbonyl (C=O) groups is 1. The molecule has 1 unspecified atom stereocenters. The van der Waals surface area contributed by atoms with E-state index in [0.29, 0.717) is 11.4 Å². The number of benzene rings is 2. The second-order valence-electron chi connectivity index (χ2n) is 7.11. The van der Waals surface area contributed by atoms with E-state index < -0.39 is 9.84 Å². The van der Waals surface area contributed by atoms with E-state index in [9.17, 15) is 13.2 Å². The largest absolute Gasteiger partial charge is 0.301 e. The van der Waals surface area contributed by atoms with Crippen molar-refractivity contribution in [2.45, 2.75) is 31.2 Å². The molecule has 0 saturated carbocycles. The van der Waals surface area contributed by atoms with Crippen LogP contribution in [0.2, 0.25) is 0 Å². The number of hydrogen-bond acceptors (Lipinski definition) is 4. The number of aldehydes is 1.